The zero-order valence-corrected chi connectivity index (χ0v) is 8.95. The molecule has 76 valence electrons. The smallest absolute Gasteiger partial charge is 0.0625 e. The van der Waals surface area contributed by atoms with Crippen molar-refractivity contribution >= 4 is 0 Å². The van der Waals surface area contributed by atoms with Crippen molar-refractivity contribution in [3.8, 4) is 6.07 Å². The maximum absolute atomic E-state index is 8.28. The van der Waals surface area contributed by atoms with Gasteiger partial charge in [-0.2, -0.15) is 5.26 Å². The number of nitrogens with zero attached hydrogens (tertiary/aromatic N) is 1. The average Bonchev–Trinajstić information content (AvgIpc) is 2.21. The monoisotopic (exact) mass is 189 g/mol. The van der Waals surface area contributed by atoms with E-state index in [0.29, 0.717) is 6.42 Å². The summed E-state index contributed by atoms with van der Waals surface area (Å²) in [6.07, 6.45) is 17.4. The van der Waals surface area contributed by atoms with Gasteiger partial charge in [0.15, 0.2) is 0 Å². The van der Waals surface area contributed by atoms with Crippen LogP contribution < -0.4 is 0 Å². The molecule has 0 aromatic carbocycles. The van der Waals surface area contributed by atoms with Gasteiger partial charge in [-0.05, 0) is 12.8 Å². The highest BCUT2D eigenvalue weighted by Crippen LogP contribution is 1.95. The third-order valence-electron chi connectivity index (χ3n) is 1.75. The highest BCUT2D eigenvalue weighted by Gasteiger charge is 1.75. The lowest BCUT2D eigenvalue weighted by Gasteiger charge is -1.85. The van der Waals surface area contributed by atoms with Gasteiger partial charge in [0.25, 0.3) is 0 Å². The lowest BCUT2D eigenvalue weighted by molar-refractivity contribution is 0.815. The van der Waals surface area contributed by atoms with Crippen LogP contribution in [-0.2, 0) is 0 Å². The van der Waals surface area contributed by atoms with Crippen LogP contribution in [0.3, 0.4) is 0 Å². The quantitative estimate of drug-likeness (QED) is 0.436. The zero-order chi connectivity index (χ0) is 10.5. The molecule has 0 amide bonds. The summed E-state index contributed by atoms with van der Waals surface area (Å²) in [5, 5.41) is 8.28. The molecule has 0 bridgehead atoms. The van der Waals surface area contributed by atoms with Crippen LogP contribution in [0.25, 0.3) is 0 Å². The van der Waals surface area contributed by atoms with Crippen LogP contribution in [0.4, 0.5) is 0 Å². The average molecular weight is 189 g/mol. The minimum absolute atomic E-state index is 0.608. The van der Waals surface area contributed by atoms with Crippen LogP contribution in [0.5, 0.6) is 0 Å². The van der Waals surface area contributed by atoms with Crippen LogP contribution in [0, 0.1) is 11.3 Å². The van der Waals surface area contributed by atoms with Crippen molar-refractivity contribution in [2.75, 3.05) is 0 Å². The molecule has 0 fully saturated rings. The number of rotatable bonds is 7. The Morgan fingerprint density at radius 3 is 2.21 bits per heavy atom. The maximum Gasteiger partial charge on any atom is 0.0625 e. The lowest BCUT2D eigenvalue weighted by Crippen LogP contribution is -1.65. The minimum atomic E-state index is 0.608. The molecule has 0 aromatic heterocycles. The Balaban J connectivity index is 3.39. The highest BCUT2D eigenvalue weighted by molar-refractivity contribution is 5.11. The van der Waals surface area contributed by atoms with Crippen molar-refractivity contribution < 1.29 is 0 Å². The summed E-state index contributed by atoms with van der Waals surface area (Å²) < 4.78 is 0. The second-order valence-electron chi connectivity index (χ2n) is 3.08. The van der Waals surface area contributed by atoms with Gasteiger partial charge < -0.3 is 0 Å². The van der Waals surface area contributed by atoms with Crippen LogP contribution in [0.2, 0.25) is 0 Å². The topological polar surface area (TPSA) is 23.8 Å². The van der Waals surface area contributed by atoms with Gasteiger partial charge in [-0.15, -0.1) is 0 Å². The normalized spacial score (nSPS) is 11.7. The summed E-state index contributed by atoms with van der Waals surface area (Å²) in [6, 6.07) is 2.10. The van der Waals surface area contributed by atoms with E-state index in [9.17, 15) is 0 Å². The van der Waals surface area contributed by atoms with E-state index in [1.165, 1.54) is 19.3 Å². The Morgan fingerprint density at radius 2 is 1.64 bits per heavy atom. The van der Waals surface area contributed by atoms with Crippen LogP contribution in [0.1, 0.15) is 39.0 Å². The van der Waals surface area contributed by atoms with E-state index in [0.717, 1.165) is 6.42 Å². The molecule has 1 heteroatoms. The number of unbranched alkanes of at least 4 members (excludes halogenated alkanes) is 3. The molecule has 0 atom stereocenters. The van der Waals surface area contributed by atoms with E-state index in [1.54, 1.807) is 0 Å². The second kappa shape index (κ2) is 11.7. The zero-order valence-electron chi connectivity index (χ0n) is 8.95. The predicted octanol–water partition coefficient (Wildman–Crippen LogP) is 4.15. The number of hydrogen-bond donors (Lipinski definition) is 0. The molecule has 0 spiro atoms. The SMILES string of the molecule is CCCC/C=C/C=C/C=C/CCC#N. The second-order valence-corrected chi connectivity index (χ2v) is 3.08. The minimum Gasteiger partial charge on any atom is -0.198 e. The molecule has 0 aromatic rings. The summed E-state index contributed by atoms with van der Waals surface area (Å²) in [7, 11) is 0. The molecule has 0 N–H and O–H groups in total. The van der Waals surface area contributed by atoms with Gasteiger partial charge in [-0.25, -0.2) is 0 Å². The molecule has 14 heavy (non-hydrogen) atoms. The molecule has 0 rings (SSSR count). The lowest BCUT2D eigenvalue weighted by atomic mass is 10.2. The standard InChI is InChI=1S/C13H19N/c1-2-3-4-5-6-7-8-9-10-11-12-13-14/h5-10H,2-4,11-12H2,1H3/b6-5+,8-7+,10-9+. The van der Waals surface area contributed by atoms with Gasteiger partial charge in [0.1, 0.15) is 0 Å². The van der Waals surface area contributed by atoms with Gasteiger partial charge in [-0.1, -0.05) is 56.2 Å². The Labute approximate surface area is 87.4 Å². The summed E-state index contributed by atoms with van der Waals surface area (Å²) in [4.78, 5) is 0. The molecule has 0 aliphatic carbocycles. The van der Waals surface area contributed by atoms with Gasteiger partial charge in [0.05, 0.1) is 6.07 Å². The molecule has 1 nitrogen and oxygen atoms in total. The van der Waals surface area contributed by atoms with Crippen LogP contribution >= 0.6 is 0 Å². The van der Waals surface area contributed by atoms with Crippen molar-refractivity contribution in [3.63, 3.8) is 0 Å². The van der Waals surface area contributed by atoms with Gasteiger partial charge >= 0.3 is 0 Å². The van der Waals surface area contributed by atoms with E-state index in [4.69, 9.17) is 5.26 Å². The van der Waals surface area contributed by atoms with Crippen molar-refractivity contribution in [1.82, 2.24) is 0 Å². The summed E-state index contributed by atoms with van der Waals surface area (Å²) in [5.41, 5.74) is 0. The van der Waals surface area contributed by atoms with Crippen molar-refractivity contribution in [1.29, 1.82) is 5.26 Å². The van der Waals surface area contributed by atoms with E-state index in [1.807, 2.05) is 24.3 Å². The van der Waals surface area contributed by atoms with Gasteiger partial charge in [0, 0.05) is 6.42 Å². The maximum atomic E-state index is 8.28. The van der Waals surface area contributed by atoms with Gasteiger partial charge in [-0.3, -0.25) is 0 Å². The Bertz CT molecular complexity index is 228. The Kier molecular flexibility index (Phi) is 10.6. The Hall–Kier alpha value is -1.29. The first-order valence-corrected chi connectivity index (χ1v) is 5.27. The summed E-state index contributed by atoms with van der Waals surface area (Å²) in [6.45, 7) is 2.20. The summed E-state index contributed by atoms with van der Waals surface area (Å²) in [5.74, 6) is 0. The molecule has 0 saturated heterocycles. The van der Waals surface area contributed by atoms with Crippen LogP contribution in [0.15, 0.2) is 36.5 Å². The first-order chi connectivity index (χ1) is 6.91. The molecule has 0 saturated carbocycles. The number of nitriles is 1. The molecule has 0 radical (unpaired) electrons. The van der Waals surface area contributed by atoms with E-state index in [-0.39, 0.29) is 0 Å². The fourth-order valence-corrected chi connectivity index (χ4v) is 0.948. The molecular formula is C13H19N. The third-order valence-corrected chi connectivity index (χ3v) is 1.75. The van der Waals surface area contributed by atoms with Crippen molar-refractivity contribution in [3.05, 3.63) is 36.5 Å². The van der Waals surface area contributed by atoms with E-state index in [2.05, 4.69) is 25.1 Å². The predicted molar refractivity (Wildman–Crippen MR) is 61.8 cm³/mol. The van der Waals surface area contributed by atoms with Crippen LogP contribution in [-0.4, -0.2) is 0 Å². The fourth-order valence-electron chi connectivity index (χ4n) is 0.948. The van der Waals surface area contributed by atoms with E-state index >= 15 is 0 Å². The number of allylic oxidation sites excluding steroid dienone is 6. The first kappa shape index (κ1) is 12.7. The molecule has 0 unspecified atom stereocenters. The Morgan fingerprint density at radius 1 is 1.00 bits per heavy atom. The van der Waals surface area contributed by atoms with Gasteiger partial charge in [0.2, 0.25) is 0 Å². The highest BCUT2D eigenvalue weighted by atomic mass is 14.2. The molecule has 0 aliphatic rings. The summed E-state index contributed by atoms with van der Waals surface area (Å²) >= 11 is 0. The van der Waals surface area contributed by atoms with Crippen molar-refractivity contribution in [2.45, 2.75) is 39.0 Å². The molecule has 0 aliphatic heterocycles. The largest absolute Gasteiger partial charge is 0.198 e. The fraction of sp³-hybridized carbons (Fsp3) is 0.462. The first-order valence-electron chi connectivity index (χ1n) is 5.27. The van der Waals surface area contributed by atoms with E-state index < -0.39 is 0 Å². The molecule has 0 heterocycles. The third kappa shape index (κ3) is 10.7. The number of hydrogen-bond acceptors (Lipinski definition) is 1. The van der Waals surface area contributed by atoms with Crippen molar-refractivity contribution in [2.24, 2.45) is 0 Å². The molecular weight excluding hydrogens is 170 g/mol.